The molecule has 1 saturated heterocycles. The molecule has 0 aromatic heterocycles. The Kier molecular flexibility index (Phi) is 5.50. The summed E-state index contributed by atoms with van der Waals surface area (Å²) >= 11 is 0. The smallest absolute Gasteiger partial charge is 0.328 e. The van der Waals surface area contributed by atoms with Crippen molar-refractivity contribution in [3.8, 4) is 11.5 Å². The number of carbonyl (C=O) groups is 5. The van der Waals surface area contributed by atoms with Gasteiger partial charge in [-0.25, -0.2) is 4.79 Å². The van der Waals surface area contributed by atoms with Crippen molar-refractivity contribution in [2.75, 3.05) is 7.11 Å². The lowest BCUT2D eigenvalue weighted by molar-refractivity contribution is -0.136. The quantitative estimate of drug-likeness (QED) is 0.378. The van der Waals surface area contributed by atoms with Gasteiger partial charge in [0.15, 0.2) is 23.1 Å². The first kappa shape index (κ1) is 23.5. The number of hydrogen-bond donors (Lipinski definition) is 2. The van der Waals surface area contributed by atoms with Gasteiger partial charge in [-0.3, -0.25) is 19.2 Å². The van der Waals surface area contributed by atoms with Crippen molar-refractivity contribution in [2.45, 2.75) is 19.8 Å². The molecule has 3 N–H and O–H groups in total. The number of phenols is 1. The van der Waals surface area contributed by atoms with Crippen molar-refractivity contribution in [2.24, 2.45) is 29.4 Å². The van der Waals surface area contributed by atoms with Gasteiger partial charge in [-0.05, 0) is 49.5 Å². The summed E-state index contributed by atoms with van der Waals surface area (Å²) in [5.74, 6) is -4.27. The lowest BCUT2D eigenvalue weighted by atomic mass is 9.60. The molecule has 0 bridgehead atoms. The molecule has 0 radical (unpaired) electrons. The van der Waals surface area contributed by atoms with E-state index in [1.54, 1.807) is 31.2 Å². The molecule has 9 heteroatoms. The molecule has 184 valence electrons. The second-order valence-corrected chi connectivity index (χ2v) is 9.41. The third-order valence-corrected chi connectivity index (χ3v) is 7.52. The Labute approximate surface area is 206 Å². The number of Topliss-reactive ketones (excluding diaryl/α,β-unsaturated/α-hetero) is 1. The van der Waals surface area contributed by atoms with E-state index in [9.17, 15) is 29.1 Å². The molecule has 1 aliphatic heterocycles. The van der Waals surface area contributed by atoms with Crippen LogP contribution in [0.3, 0.4) is 0 Å². The van der Waals surface area contributed by atoms with E-state index in [-0.39, 0.29) is 35.9 Å². The molecule has 0 unspecified atom stereocenters. The summed E-state index contributed by atoms with van der Waals surface area (Å²) < 4.78 is 5.17. The Morgan fingerprint density at radius 2 is 1.92 bits per heavy atom. The van der Waals surface area contributed by atoms with E-state index in [4.69, 9.17) is 10.5 Å². The average molecular weight is 488 g/mol. The summed E-state index contributed by atoms with van der Waals surface area (Å²) in [5, 5.41) is 9.90. The fraction of sp³-hybridized carbons (Fsp3) is 0.296. The number of benzene rings is 1. The minimum atomic E-state index is -1.11. The van der Waals surface area contributed by atoms with Crippen LogP contribution in [0.1, 0.15) is 25.3 Å². The number of urea groups is 1. The van der Waals surface area contributed by atoms with Crippen LogP contribution in [0.25, 0.3) is 6.08 Å². The zero-order valence-electron chi connectivity index (χ0n) is 19.7. The number of hydrogen-bond acceptors (Lipinski definition) is 7. The van der Waals surface area contributed by atoms with Crippen molar-refractivity contribution in [1.82, 2.24) is 4.90 Å². The van der Waals surface area contributed by atoms with Crippen molar-refractivity contribution in [1.29, 1.82) is 0 Å². The maximum Gasteiger partial charge on any atom is 0.328 e. The predicted molar refractivity (Wildman–Crippen MR) is 127 cm³/mol. The molecule has 3 aliphatic carbocycles. The summed E-state index contributed by atoms with van der Waals surface area (Å²) in [7, 11) is 1.44. The molecule has 4 atom stereocenters. The number of fused-ring (bicyclic) bond motifs is 3. The molecule has 5 rings (SSSR count). The van der Waals surface area contributed by atoms with Gasteiger partial charge in [0.2, 0.25) is 11.8 Å². The van der Waals surface area contributed by atoms with Gasteiger partial charge in [0.1, 0.15) is 0 Å². The minimum Gasteiger partial charge on any atom is -0.504 e. The lowest BCUT2D eigenvalue weighted by Gasteiger charge is -2.41. The van der Waals surface area contributed by atoms with E-state index in [1.807, 2.05) is 6.08 Å². The Morgan fingerprint density at radius 1 is 1.17 bits per heavy atom. The molecule has 4 amide bonds. The minimum absolute atomic E-state index is 0.0179. The van der Waals surface area contributed by atoms with Crippen LogP contribution in [0.2, 0.25) is 0 Å². The molecule has 1 fully saturated rings. The summed E-state index contributed by atoms with van der Waals surface area (Å²) in [6.07, 6.45) is 7.05. The number of ether oxygens (including phenoxy) is 1. The van der Waals surface area contributed by atoms with Gasteiger partial charge in [-0.2, -0.15) is 4.90 Å². The van der Waals surface area contributed by atoms with Gasteiger partial charge in [0, 0.05) is 22.6 Å². The summed E-state index contributed by atoms with van der Waals surface area (Å²) in [6, 6.07) is 3.69. The van der Waals surface area contributed by atoms with Crippen LogP contribution >= 0.6 is 0 Å². The number of carbonyl (C=O) groups excluding carboxylic acids is 5. The van der Waals surface area contributed by atoms with E-state index < -0.39 is 41.5 Å². The van der Waals surface area contributed by atoms with Crippen LogP contribution in [0, 0.1) is 23.7 Å². The van der Waals surface area contributed by atoms with Crippen LogP contribution in [0.4, 0.5) is 4.79 Å². The summed E-state index contributed by atoms with van der Waals surface area (Å²) in [4.78, 5) is 64.5. The SMILES string of the molecule is COc1cc(C=C[C@H]2C3=CC[C@@H]4C(=O)N(C(N)=O)C(=O)[C@@H]4[C@@H]3CC3=C2C(=O)C(C)=CC3=O)ccc1O. The first-order valence-corrected chi connectivity index (χ1v) is 11.6. The molecule has 36 heavy (non-hydrogen) atoms. The average Bonchev–Trinajstić information content (AvgIpc) is 3.11. The van der Waals surface area contributed by atoms with Crippen LogP contribution in [-0.2, 0) is 19.2 Å². The molecular weight excluding hydrogens is 464 g/mol. The van der Waals surface area contributed by atoms with Gasteiger partial charge < -0.3 is 15.6 Å². The largest absolute Gasteiger partial charge is 0.504 e. The number of rotatable bonds is 3. The maximum absolute atomic E-state index is 13.2. The number of likely N-dealkylation sites (tertiary alicyclic amines) is 1. The van der Waals surface area contributed by atoms with Gasteiger partial charge >= 0.3 is 6.03 Å². The Hall–Kier alpha value is -4.27. The van der Waals surface area contributed by atoms with Gasteiger partial charge in [0.25, 0.3) is 0 Å². The van der Waals surface area contributed by atoms with Crippen molar-refractivity contribution < 1.29 is 33.8 Å². The molecular formula is C27H24N2O7. The zero-order chi connectivity index (χ0) is 25.9. The summed E-state index contributed by atoms with van der Waals surface area (Å²) in [5.41, 5.74) is 7.79. The number of allylic oxidation sites excluding steroid dienone is 7. The van der Waals surface area contributed by atoms with Crippen LogP contribution < -0.4 is 10.5 Å². The number of primary amides is 1. The van der Waals surface area contributed by atoms with Crippen molar-refractivity contribution >= 4 is 35.5 Å². The molecule has 1 aromatic carbocycles. The topological polar surface area (TPSA) is 144 Å². The number of aromatic hydroxyl groups is 1. The van der Waals surface area contributed by atoms with Crippen LogP contribution in [0.15, 0.2) is 58.7 Å². The van der Waals surface area contributed by atoms with Gasteiger partial charge in [-0.15, -0.1) is 0 Å². The number of ketones is 2. The second kappa shape index (κ2) is 8.44. The summed E-state index contributed by atoms with van der Waals surface area (Å²) in [6.45, 7) is 1.59. The highest BCUT2D eigenvalue weighted by molar-refractivity contribution is 6.23. The lowest BCUT2D eigenvalue weighted by Crippen LogP contribution is -2.42. The maximum atomic E-state index is 13.2. The Morgan fingerprint density at radius 3 is 2.61 bits per heavy atom. The molecule has 1 heterocycles. The van der Waals surface area contributed by atoms with Gasteiger partial charge in [-0.1, -0.05) is 29.9 Å². The monoisotopic (exact) mass is 488 g/mol. The molecule has 1 aromatic rings. The zero-order valence-corrected chi connectivity index (χ0v) is 19.7. The number of nitrogens with two attached hydrogens (primary N) is 1. The van der Waals surface area contributed by atoms with E-state index in [2.05, 4.69) is 0 Å². The Bertz CT molecular complexity index is 1380. The van der Waals surface area contributed by atoms with Gasteiger partial charge in [0.05, 0.1) is 18.9 Å². The van der Waals surface area contributed by atoms with Crippen molar-refractivity contribution in [3.05, 3.63) is 64.3 Å². The normalized spacial score (nSPS) is 27.6. The number of phenolic OH excluding ortho intramolecular Hbond substituents is 1. The predicted octanol–water partition coefficient (Wildman–Crippen LogP) is 2.45. The van der Waals surface area contributed by atoms with Crippen LogP contribution in [0.5, 0.6) is 11.5 Å². The number of nitrogens with zero attached hydrogens (tertiary/aromatic N) is 1. The van der Waals surface area contributed by atoms with E-state index >= 15 is 0 Å². The highest BCUT2D eigenvalue weighted by Gasteiger charge is 2.57. The van der Waals surface area contributed by atoms with Crippen LogP contribution in [-0.4, -0.2) is 46.5 Å². The Balaban J connectivity index is 1.61. The second-order valence-electron chi connectivity index (χ2n) is 9.41. The molecule has 0 spiro atoms. The fourth-order valence-corrected chi connectivity index (χ4v) is 5.86. The number of methoxy groups -OCH3 is 1. The van der Waals surface area contributed by atoms with E-state index in [0.29, 0.717) is 27.2 Å². The number of amides is 4. The van der Waals surface area contributed by atoms with Crippen molar-refractivity contribution in [3.63, 3.8) is 0 Å². The molecule has 9 nitrogen and oxygen atoms in total. The fourth-order valence-electron chi connectivity index (χ4n) is 5.86. The first-order chi connectivity index (χ1) is 17.1. The highest BCUT2D eigenvalue weighted by atomic mass is 16.5. The highest BCUT2D eigenvalue weighted by Crippen LogP contribution is 2.52. The molecule has 0 saturated carbocycles. The first-order valence-electron chi connectivity index (χ1n) is 11.6. The van der Waals surface area contributed by atoms with E-state index in [0.717, 1.165) is 5.57 Å². The standard InChI is InChI=1S/C27H24N2O7/c1-12-9-20(31)18-11-17-14(6-7-16-23(17)26(34)29(25(16)33)27(28)35)15(22(18)24(12)32)5-3-13-4-8-19(30)21(10-13)36-2/h3-6,8-10,15-17,23,30H,7,11H2,1-2H3,(H2,28,35)/t15-,16-,17+,23-/m0/s1. The third kappa shape index (κ3) is 3.42. The molecule has 4 aliphatic rings. The number of imide groups is 3. The third-order valence-electron chi connectivity index (χ3n) is 7.52. The van der Waals surface area contributed by atoms with E-state index in [1.165, 1.54) is 19.3 Å².